The Labute approximate surface area is 117 Å². The molecule has 0 unspecified atom stereocenters. The third-order valence-electron chi connectivity index (χ3n) is 4.47. The van der Waals surface area contributed by atoms with Crippen LogP contribution in [0.25, 0.3) is 0 Å². The van der Waals surface area contributed by atoms with Crippen LogP contribution in [0.1, 0.15) is 50.6 Å². The van der Waals surface area contributed by atoms with Crippen molar-refractivity contribution in [1.29, 1.82) is 0 Å². The first-order chi connectivity index (χ1) is 9.03. The molecule has 0 amide bonds. The smallest absolute Gasteiger partial charge is 0.0641 e. The summed E-state index contributed by atoms with van der Waals surface area (Å²) in [5.74, 6) is 0. The molecule has 0 aromatic carbocycles. The summed E-state index contributed by atoms with van der Waals surface area (Å²) in [5.41, 5.74) is 3.66. The molecule has 1 rings (SSSR count). The Hall–Kier alpha value is -0.870. The van der Waals surface area contributed by atoms with Crippen LogP contribution in [0.15, 0.2) is 0 Å². The maximum atomic E-state index is 9.57. The summed E-state index contributed by atoms with van der Waals surface area (Å²) in [7, 11) is 0. The summed E-state index contributed by atoms with van der Waals surface area (Å²) in [6.45, 7) is 13.4. The summed E-state index contributed by atoms with van der Waals surface area (Å²) in [5, 5.41) is 17.6. The molecule has 19 heavy (non-hydrogen) atoms. The zero-order chi connectivity index (χ0) is 14.5. The van der Waals surface area contributed by atoms with E-state index in [9.17, 15) is 5.11 Å². The van der Waals surface area contributed by atoms with Gasteiger partial charge in [0.15, 0.2) is 0 Å². The second-order valence-electron chi connectivity index (χ2n) is 5.43. The molecule has 0 aliphatic heterocycles. The van der Waals surface area contributed by atoms with E-state index in [0.29, 0.717) is 0 Å². The van der Waals surface area contributed by atoms with Crippen molar-refractivity contribution in [3.05, 3.63) is 17.0 Å². The lowest BCUT2D eigenvalue weighted by atomic mass is 9.83. The third kappa shape index (κ3) is 3.57. The summed E-state index contributed by atoms with van der Waals surface area (Å²) in [6, 6.07) is 0. The average Bonchev–Trinajstić information content (AvgIpc) is 2.71. The Balaban J connectivity index is 2.65. The van der Waals surface area contributed by atoms with Crippen LogP contribution < -0.4 is 5.32 Å². The van der Waals surface area contributed by atoms with Gasteiger partial charge >= 0.3 is 0 Å². The van der Waals surface area contributed by atoms with Gasteiger partial charge in [0.25, 0.3) is 0 Å². The zero-order valence-corrected chi connectivity index (χ0v) is 13.1. The largest absolute Gasteiger partial charge is 0.396 e. The highest BCUT2D eigenvalue weighted by Gasteiger charge is 2.24. The van der Waals surface area contributed by atoms with Gasteiger partial charge in [0, 0.05) is 42.9 Å². The van der Waals surface area contributed by atoms with Crippen LogP contribution in [0.3, 0.4) is 0 Å². The second-order valence-corrected chi connectivity index (χ2v) is 5.43. The second kappa shape index (κ2) is 7.06. The molecule has 0 saturated carbocycles. The van der Waals surface area contributed by atoms with Gasteiger partial charge < -0.3 is 10.4 Å². The first-order valence-corrected chi connectivity index (χ1v) is 7.38. The molecule has 0 aliphatic carbocycles. The third-order valence-corrected chi connectivity index (χ3v) is 4.47. The first-order valence-electron chi connectivity index (χ1n) is 7.38. The molecule has 1 heterocycles. The predicted molar refractivity (Wildman–Crippen MR) is 79.2 cm³/mol. The summed E-state index contributed by atoms with van der Waals surface area (Å²) in [4.78, 5) is 0. The number of nitrogens with one attached hydrogen (secondary N) is 1. The van der Waals surface area contributed by atoms with Crippen LogP contribution >= 0.6 is 0 Å². The molecule has 0 aliphatic rings. The van der Waals surface area contributed by atoms with E-state index < -0.39 is 0 Å². The normalized spacial score (nSPS) is 12.1. The lowest BCUT2D eigenvalue weighted by Crippen LogP contribution is -2.36. The Morgan fingerprint density at radius 2 is 1.84 bits per heavy atom. The van der Waals surface area contributed by atoms with Crippen LogP contribution in [0.5, 0.6) is 0 Å². The van der Waals surface area contributed by atoms with Gasteiger partial charge in [-0.3, -0.25) is 4.68 Å². The van der Waals surface area contributed by atoms with E-state index in [1.807, 2.05) is 4.68 Å². The molecule has 0 bridgehead atoms. The monoisotopic (exact) mass is 267 g/mol. The van der Waals surface area contributed by atoms with Crippen molar-refractivity contribution in [3.63, 3.8) is 0 Å². The number of rotatable bonds is 8. The lowest BCUT2D eigenvalue weighted by Gasteiger charge is -2.29. The SMILES string of the molecule is CCn1nc(C)c(CNCC(CC)(CC)CO)c1C. The fourth-order valence-corrected chi connectivity index (χ4v) is 2.53. The Morgan fingerprint density at radius 1 is 1.21 bits per heavy atom. The molecule has 2 N–H and O–H groups in total. The van der Waals surface area contributed by atoms with Crippen molar-refractivity contribution >= 4 is 0 Å². The van der Waals surface area contributed by atoms with E-state index in [2.05, 4.69) is 45.0 Å². The molecular weight excluding hydrogens is 238 g/mol. The summed E-state index contributed by atoms with van der Waals surface area (Å²) < 4.78 is 2.05. The van der Waals surface area contributed by atoms with Crippen molar-refractivity contribution in [2.75, 3.05) is 13.2 Å². The molecular formula is C15H29N3O. The van der Waals surface area contributed by atoms with Gasteiger partial charge in [0.2, 0.25) is 0 Å². The Kier molecular flexibility index (Phi) is 6.01. The summed E-state index contributed by atoms with van der Waals surface area (Å²) >= 11 is 0. The minimum atomic E-state index is 0.0164. The van der Waals surface area contributed by atoms with Gasteiger partial charge in [0.05, 0.1) is 5.69 Å². The molecule has 1 aromatic rings. The van der Waals surface area contributed by atoms with E-state index in [-0.39, 0.29) is 12.0 Å². The van der Waals surface area contributed by atoms with E-state index in [1.54, 1.807) is 0 Å². The molecule has 0 spiro atoms. The average molecular weight is 267 g/mol. The highest BCUT2D eigenvalue weighted by atomic mass is 16.3. The number of aryl methyl sites for hydroxylation is 2. The first kappa shape index (κ1) is 16.2. The van der Waals surface area contributed by atoms with Gasteiger partial charge in [-0.1, -0.05) is 13.8 Å². The number of aromatic nitrogens is 2. The van der Waals surface area contributed by atoms with E-state index in [1.165, 1.54) is 11.3 Å². The van der Waals surface area contributed by atoms with Crippen LogP contribution in [-0.2, 0) is 13.1 Å². The fraction of sp³-hybridized carbons (Fsp3) is 0.800. The quantitative estimate of drug-likeness (QED) is 0.760. The highest BCUT2D eigenvalue weighted by Crippen LogP contribution is 2.24. The highest BCUT2D eigenvalue weighted by molar-refractivity contribution is 5.24. The van der Waals surface area contributed by atoms with Gasteiger partial charge in [0.1, 0.15) is 0 Å². The standard InChI is InChI=1S/C15H29N3O/c1-6-15(7-2,11-19)10-16-9-14-12(4)17-18(8-3)13(14)5/h16,19H,6-11H2,1-5H3. The number of aliphatic hydroxyl groups excluding tert-OH is 1. The molecule has 4 heteroatoms. The van der Waals surface area contributed by atoms with E-state index in [4.69, 9.17) is 0 Å². The van der Waals surface area contributed by atoms with Crippen molar-refractivity contribution in [3.8, 4) is 0 Å². The van der Waals surface area contributed by atoms with Crippen molar-refractivity contribution in [2.45, 2.75) is 60.5 Å². The van der Waals surface area contributed by atoms with Crippen LogP contribution in [-0.4, -0.2) is 28.0 Å². The molecule has 110 valence electrons. The number of nitrogens with zero attached hydrogens (tertiary/aromatic N) is 2. The Bertz CT molecular complexity index is 386. The molecule has 0 radical (unpaired) electrons. The molecule has 4 nitrogen and oxygen atoms in total. The molecule has 0 atom stereocenters. The Morgan fingerprint density at radius 3 is 2.26 bits per heavy atom. The number of aliphatic hydroxyl groups is 1. The van der Waals surface area contributed by atoms with Crippen molar-refractivity contribution in [2.24, 2.45) is 5.41 Å². The zero-order valence-electron chi connectivity index (χ0n) is 13.1. The van der Waals surface area contributed by atoms with Crippen LogP contribution in [0, 0.1) is 19.3 Å². The topological polar surface area (TPSA) is 50.1 Å². The minimum Gasteiger partial charge on any atom is -0.396 e. The fourth-order valence-electron chi connectivity index (χ4n) is 2.53. The maximum absolute atomic E-state index is 9.57. The van der Waals surface area contributed by atoms with Crippen molar-refractivity contribution in [1.82, 2.24) is 15.1 Å². The van der Waals surface area contributed by atoms with Gasteiger partial charge in [-0.15, -0.1) is 0 Å². The minimum absolute atomic E-state index is 0.0164. The van der Waals surface area contributed by atoms with E-state index >= 15 is 0 Å². The molecule has 0 saturated heterocycles. The van der Waals surface area contributed by atoms with Gasteiger partial charge in [-0.05, 0) is 33.6 Å². The van der Waals surface area contributed by atoms with Gasteiger partial charge in [-0.2, -0.15) is 5.10 Å². The predicted octanol–water partition coefficient (Wildman–Crippen LogP) is 2.41. The van der Waals surface area contributed by atoms with E-state index in [0.717, 1.165) is 38.2 Å². The maximum Gasteiger partial charge on any atom is 0.0641 e. The van der Waals surface area contributed by atoms with Gasteiger partial charge in [-0.25, -0.2) is 0 Å². The molecule has 1 aromatic heterocycles. The van der Waals surface area contributed by atoms with Crippen LogP contribution in [0.4, 0.5) is 0 Å². The summed E-state index contributed by atoms with van der Waals surface area (Å²) in [6.07, 6.45) is 2.00. The number of hydrogen-bond donors (Lipinski definition) is 2. The lowest BCUT2D eigenvalue weighted by molar-refractivity contribution is 0.113. The molecule has 0 fully saturated rings. The number of hydrogen-bond acceptors (Lipinski definition) is 3. The van der Waals surface area contributed by atoms with Crippen LogP contribution in [0.2, 0.25) is 0 Å². The van der Waals surface area contributed by atoms with Crippen molar-refractivity contribution < 1.29 is 5.11 Å².